The van der Waals surface area contributed by atoms with Crippen molar-refractivity contribution in [3.8, 4) is 0 Å². The van der Waals surface area contributed by atoms with Gasteiger partial charge in [0, 0.05) is 11.0 Å². The summed E-state index contributed by atoms with van der Waals surface area (Å²) in [6.07, 6.45) is 0. The molecule has 0 unspecified atom stereocenters. The minimum absolute atomic E-state index is 0.235. The van der Waals surface area contributed by atoms with Crippen LogP contribution in [0.25, 0.3) is 0 Å². The summed E-state index contributed by atoms with van der Waals surface area (Å²) in [5.74, 6) is 0.306. The van der Waals surface area contributed by atoms with Gasteiger partial charge in [0.1, 0.15) is 5.82 Å². The Morgan fingerprint density at radius 1 is 1.11 bits per heavy atom. The van der Waals surface area contributed by atoms with E-state index in [2.05, 4.69) is 59.4 Å². The van der Waals surface area contributed by atoms with Gasteiger partial charge in [-0.2, -0.15) is 0 Å². The molecule has 0 amide bonds. The molecule has 0 radical (unpaired) electrons. The van der Waals surface area contributed by atoms with E-state index in [0.717, 1.165) is 10.2 Å². The topological polar surface area (TPSA) is 12.0 Å². The molecule has 0 aliphatic carbocycles. The van der Waals surface area contributed by atoms with Gasteiger partial charge in [-0.3, -0.25) is 0 Å². The predicted molar refractivity (Wildman–Crippen MR) is 82.0 cm³/mol. The molecule has 2 rings (SSSR count). The third kappa shape index (κ3) is 3.80. The van der Waals surface area contributed by atoms with Crippen molar-refractivity contribution in [2.45, 2.75) is 26.3 Å². The van der Waals surface area contributed by atoms with Gasteiger partial charge in [0.25, 0.3) is 0 Å². The maximum Gasteiger partial charge on any atom is 0.125 e. The second-order valence-corrected chi connectivity index (χ2v) is 5.73. The zero-order valence-corrected chi connectivity index (χ0v) is 12.7. The molecule has 0 spiro atoms. The molecule has 2 aromatic carbocycles. The van der Waals surface area contributed by atoms with E-state index < -0.39 is 0 Å². The van der Waals surface area contributed by atoms with E-state index in [1.54, 1.807) is 6.07 Å². The van der Waals surface area contributed by atoms with E-state index in [4.69, 9.17) is 0 Å². The molecule has 0 heterocycles. The van der Waals surface area contributed by atoms with Crippen molar-refractivity contribution < 1.29 is 4.39 Å². The lowest BCUT2D eigenvalue weighted by Gasteiger charge is -2.10. The molecule has 0 bridgehead atoms. The SMILES string of the molecule is CC(C)c1ccc(CNc2cc(F)ccc2Br)cc1. The molecule has 0 atom stereocenters. The Morgan fingerprint density at radius 3 is 2.42 bits per heavy atom. The van der Waals surface area contributed by atoms with Crippen LogP contribution in [0.3, 0.4) is 0 Å². The minimum Gasteiger partial charge on any atom is -0.380 e. The number of rotatable bonds is 4. The lowest BCUT2D eigenvalue weighted by molar-refractivity contribution is 0.628. The van der Waals surface area contributed by atoms with Gasteiger partial charge in [0.15, 0.2) is 0 Å². The third-order valence-corrected chi connectivity index (χ3v) is 3.75. The molecule has 0 aromatic heterocycles. The Kier molecular flexibility index (Phi) is 4.59. The highest BCUT2D eigenvalue weighted by atomic mass is 79.9. The lowest BCUT2D eigenvalue weighted by Crippen LogP contribution is -2.01. The summed E-state index contributed by atoms with van der Waals surface area (Å²) in [7, 11) is 0. The van der Waals surface area contributed by atoms with Gasteiger partial charge in [-0.25, -0.2) is 4.39 Å². The molecule has 0 fully saturated rings. The summed E-state index contributed by atoms with van der Waals surface area (Å²) >= 11 is 3.41. The van der Waals surface area contributed by atoms with E-state index in [9.17, 15) is 4.39 Å². The number of hydrogen-bond acceptors (Lipinski definition) is 1. The van der Waals surface area contributed by atoms with Crippen LogP contribution >= 0.6 is 15.9 Å². The van der Waals surface area contributed by atoms with E-state index in [1.807, 2.05) is 0 Å². The Morgan fingerprint density at radius 2 is 1.79 bits per heavy atom. The fraction of sp³-hybridized carbons (Fsp3) is 0.250. The smallest absolute Gasteiger partial charge is 0.125 e. The van der Waals surface area contributed by atoms with Crippen molar-refractivity contribution in [3.63, 3.8) is 0 Å². The fourth-order valence-corrected chi connectivity index (χ4v) is 2.24. The molecule has 0 saturated heterocycles. The molecule has 1 nitrogen and oxygen atoms in total. The average Bonchev–Trinajstić information content (AvgIpc) is 2.40. The molecular formula is C16H17BrFN. The zero-order chi connectivity index (χ0) is 13.8. The maximum atomic E-state index is 13.2. The van der Waals surface area contributed by atoms with Crippen LogP contribution in [0.1, 0.15) is 30.9 Å². The van der Waals surface area contributed by atoms with Gasteiger partial charge in [0.2, 0.25) is 0 Å². The van der Waals surface area contributed by atoms with Crippen LogP contribution < -0.4 is 5.32 Å². The first kappa shape index (κ1) is 14.1. The molecule has 1 N–H and O–H groups in total. The first-order chi connectivity index (χ1) is 9.06. The van der Waals surface area contributed by atoms with Crippen molar-refractivity contribution >= 4 is 21.6 Å². The van der Waals surface area contributed by atoms with Crippen LogP contribution in [0.15, 0.2) is 46.9 Å². The van der Waals surface area contributed by atoms with Crippen LogP contribution in [0.5, 0.6) is 0 Å². The standard InChI is InChI=1S/C16H17BrFN/c1-11(2)13-5-3-12(4-6-13)10-19-16-9-14(18)7-8-15(16)17/h3-9,11,19H,10H2,1-2H3. The largest absolute Gasteiger partial charge is 0.380 e. The van der Waals surface area contributed by atoms with Crippen LogP contribution in [0.2, 0.25) is 0 Å². The highest BCUT2D eigenvalue weighted by molar-refractivity contribution is 9.10. The van der Waals surface area contributed by atoms with Gasteiger partial charge in [-0.05, 0) is 51.2 Å². The number of anilines is 1. The minimum atomic E-state index is -0.235. The molecule has 2 aromatic rings. The van der Waals surface area contributed by atoms with Gasteiger partial charge >= 0.3 is 0 Å². The predicted octanol–water partition coefficient (Wildman–Crippen LogP) is 5.32. The zero-order valence-electron chi connectivity index (χ0n) is 11.1. The van der Waals surface area contributed by atoms with Gasteiger partial charge in [-0.1, -0.05) is 38.1 Å². The van der Waals surface area contributed by atoms with Crippen LogP contribution in [-0.2, 0) is 6.54 Å². The van der Waals surface area contributed by atoms with Crippen molar-refractivity contribution in [1.82, 2.24) is 0 Å². The number of hydrogen-bond donors (Lipinski definition) is 1. The van der Waals surface area contributed by atoms with E-state index in [1.165, 1.54) is 23.3 Å². The Hall–Kier alpha value is -1.35. The number of nitrogens with one attached hydrogen (secondary N) is 1. The molecule has 19 heavy (non-hydrogen) atoms. The molecule has 3 heteroatoms. The number of benzene rings is 2. The summed E-state index contributed by atoms with van der Waals surface area (Å²) in [4.78, 5) is 0. The second-order valence-electron chi connectivity index (χ2n) is 4.87. The van der Waals surface area contributed by atoms with Crippen molar-refractivity contribution in [3.05, 3.63) is 63.9 Å². The Bertz CT molecular complexity index is 549. The molecule has 0 saturated carbocycles. The van der Waals surface area contributed by atoms with Gasteiger partial charge in [-0.15, -0.1) is 0 Å². The van der Waals surface area contributed by atoms with E-state index in [-0.39, 0.29) is 5.82 Å². The van der Waals surface area contributed by atoms with Gasteiger partial charge in [0.05, 0.1) is 5.69 Å². The maximum absolute atomic E-state index is 13.2. The van der Waals surface area contributed by atoms with Crippen molar-refractivity contribution in [2.75, 3.05) is 5.32 Å². The molecule has 0 aliphatic rings. The number of halogens is 2. The monoisotopic (exact) mass is 321 g/mol. The molecule has 0 aliphatic heterocycles. The van der Waals surface area contributed by atoms with Crippen LogP contribution in [0, 0.1) is 5.82 Å². The van der Waals surface area contributed by atoms with Crippen LogP contribution in [-0.4, -0.2) is 0 Å². The normalized spacial score (nSPS) is 10.8. The first-order valence-electron chi connectivity index (χ1n) is 6.34. The van der Waals surface area contributed by atoms with Gasteiger partial charge < -0.3 is 5.32 Å². The lowest BCUT2D eigenvalue weighted by atomic mass is 10.0. The summed E-state index contributed by atoms with van der Waals surface area (Å²) in [5, 5.41) is 3.23. The summed E-state index contributed by atoms with van der Waals surface area (Å²) in [5.41, 5.74) is 3.28. The summed E-state index contributed by atoms with van der Waals surface area (Å²) < 4.78 is 14.0. The quantitative estimate of drug-likeness (QED) is 0.803. The molecule has 100 valence electrons. The first-order valence-corrected chi connectivity index (χ1v) is 7.13. The summed E-state index contributed by atoms with van der Waals surface area (Å²) in [6, 6.07) is 13.1. The Balaban J connectivity index is 2.04. The third-order valence-electron chi connectivity index (χ3n) is 3.06. The highest BCUT2D eigenvalue weighted by Gasteiger charge is 2.02. The van der Waals surface area contributed by atoms with Crippen molar-refractivity contribution in [1.29, 1.82) is 0 Å². The average molecular weight is 322 g/mol. The highest BCUT2D eigenvalue weighted by Crippen LogP contribution is 2.24. The van der Waals surface area contributed by atoms with Crippen molar-refractivity contribution in [2.24, 2.45) is 0 Å². The Labute approximate surface area is 122 Å². The second kappa shape index (κ2) is 6.20. The summed E-state index contributed by atoms with van der Waals surface area (Å²) in [6.45, 7) is 5.04. The van der Waals surface area contributed by atoms with E-state index in [0.29, 0.717) is 12.5 Å². The van der Waals surface area contributed by atoms with Crippen LogP contribution in [0.4, 0.5) is 10.1 Å². The molecular weight excluding hydrogens is 305 g/mol. The van der Waals surface area contributed by atoms with E-state index >= 15 is 0 Å². The fourth-order valence-electron chi connectivity index (χ4n) is 1.85.